The molecule has 156 valence electrons. The van der Waals surface area contributed by atoms with Crippen molar-refractivity contribution in [3.8, 4) is 5.75 Å². The van der Waals surface area contributed by atoms with Gasteiger partial charge in [-0.1, -0.05) is 36.4 Å². The maximum absolute atomic E-state index is 13.1. The Morgan fingerprint density at radius 3 is 2.60 bits per heavy atom. The van der Waals surface area contributed by atoms with Gasteiger partial charge in [0, 0.05) is 18.5 Å². The average Bonchev–Trinajstić information content (AvgIpc) is 3.08. The molecular weight excluding hydrogens is 393 g/mol. The Kier molecular flexibility index (Phi) is 5.63. The lowest BCUT2D eigenvalue weighted by molar-refractivity contribution is -0.137. The Morgan fingerprint density at radius 1 is 1.00 bits per heavy atom. The lowest BCUT2D eigenvalue weighted by Crippen LogP contribution is -2.11. The van der Waals surface area contributed by atoms with Crippen LogP contribution in [0.2, 0.25) is 0 Å². The van der Waals surface area contributed by atoms with Gasteiger partial charge in [0.1, 0.15) is 18.2 Å². The van der Waals surface area contributed by atoms with E-state index in [4.69, 9.17) is 9.47 Å². The number of benzene rings is 3. The van der Waals surface area contributed by atoms with Crippen molar-refractivity contribution in [1.82, 2.24) is 9.55 Å². The first-order chi connectivity index (χ1) is 14.5. The van der Waals surface area contributed by atoms with E-state index >= 15 is 0 Å². The molecule has 0 unspecified atom stereocenters. The highest BCUT2D eigenvalue weighted by Crippen LogP contribution is 2.32. The molecule has 0 atom stereocenters. The first-order valence-corrected chi connectivity index (χ1v) is 9.72. The summed E-state index contributed by atoms with van der Waals surface area (Å²) in [5.74, 6) is 1.25. The van der Waals surface area contributed by atoms with Crippen LogP contribution >= 0.6 is 0 Å². The van der Waals surface area contributed by atoms with E-state index in [0.717, 1.165) is 22.9 Å². The molecule has 0 fully saturated rings. The molecule has 1 heterocycles. The van der Waals surface area contributed by atoms with Crippen LogP contribution < -0.4 is 4.74 Å². The molecule has 0 aliphatic rings. The third kappa shape index (κ3) is 4.11. The molecule has 0 bridgehead atoms. The second kappa shape index (κ2) is 8.36. The molecule has 0 N–H and O–H groups in total. The van der Waals surface area contributed by atoms with Gasteiger partial charge in [-0.15, -0.1) is 0 Å². The molecule has 0 saturated carbocycles. The predicted molar refractivity (Wildman–Crippen MR) is 110 cm³/mol. The largest absolute Gasteiger partial charge is 0.485 e. The summed E-state index contributed by atoms with van der Waals surface area (Å²) in [6.45, 7) is 3.50. The molecule has 0 aliphatic heterocycles. The van der Waals surface area contributed by atoms with Crippen LogP contribution in [0.4, 0.5) is 13.2 Å². The van der Waals surface area contributed by atoms with Gasteiger partial charge >= 0.3 is 6.18 Å². The summed E-state index contributed by atoms with van der Waals surface area (Å²) in [4.78, 5) is 4.44. The van der Waals surface area contributed by atoms with Crippen LogP contribution in [0.15, 0.2) is 60.7 Å². The number of hydrogen-bond acceptors (Lipinski definition) is 3. The Hall–Kier alpha value is -3.06. The molecular formula is C23H21F3N2O2. The standard InChI is InChI=1S/C23H21F3N2O2/c1-2-29-13-12-28-20-11-10-17(23(24,25)26)14-19(20)27-22(28)15-30-21-9-5-7-16-6-3-4-8-18(16)21/h3-11,14H,2,12-13,15H2,1H3. The Labute approximate surface area is 171 Å². The van der Waals surface area contributed by atoms with Crippen LogP contribution in [0.5, 0.6) is 5.75 Å². The number of halogens is 3. The summed E-state index contributed by atoms with van der Waals surface area (Å²) in [5.41, 5.74) is 0.197. The fourth-order valence-electron chi connectivity index (χ4n) is 3.48. The molecule has 30 heavy (non-hydrogen) atoms. The van der Waals surface area contributed by atoms with Gasteiger partial charge in [-0.25, -0.2) is 4.98 Å². The minimum Gasteiger partial charge on any atom is -0.485 e. The maximum atomic E-state index is 13.1. The first-order valence-electron chi connectivity index (χ1n) is 9.72. The monoisotopic (exact) mass is 414 g/mol. The van der Waals surface area contributed by atoms with Crippen LogP contribution in [-0.2, 0) is 24.1 Å². The molecule has 0 spiro atoms. The van der Waals surface area contributed by atoms with Gasteiger partial charge in [-0.2, -0.15) is 13.2 Å². The molecule has 4 rings (SSSR count). The molecule has 0 amide bonds. The molecule has 4 aromatic rings. The van der Waals surface area contributed by atoms with E-state index in [1.165, 1.54) is 6.07 Å². The maximum Gasteiger partial charge on any atom is 0.416 e. The number of imidazole rings is 1. The van der Waals surface area contributed by atoms with Crippen LogP contribution in [0.1, 0.15) is 18.3 Å². The van der Waals surface area contributed by atoms with Crippen LogP contribution in [0, 0.1) is 0 Å². The summed E-state index contributed by atoms with van der Waals surface area (Å²) in [7, 11) is 0. The Bertz CT molecular complexity index is 1160. The minimum atomic E-state index is -4.41. The van der Waals surface area contributed by atoms with Crippen molar-refractivity contribution in [2.75, 3.05) is 13.2 Å². The molecule has 7 heteroatoms. The van der Waals surface area contributed by atoms with E-state index in [1.54, 1.807) is 0 Å². The quantitative estimate of drug-likeness (QED) is 0.357. The second-order valence-electron chi connectivity index (χ2n) is 6.84. The van der Waals surface area contributed by atoms with Gasteiger partial charge in [0.05, 0.1) is 23.2 Å². The molecule has 0 saturated heterocycles. The Balaban J connectivity index is 1.68. The van der Waals surface area contributed by atoms with Gasteiger partial charge in [0.15, 0.2) is 0 Å². The SMILES string of the molecule is CCOCCn1c(COc2cccc3ccccc23)nc2cc(C(F)(F)F)ccc21. The van der Waals surface area contributed by atoms with Gasteiger partial charge in [0.2, 0.25) is 0 Å². The van der Waals surface area contributed by atoms with Gasteiger partial charge in [0.25, 0.3) is 0 Å². The van der Waals surface area contributed by atoms with Crippen molar-refractivity contribution in [3.63, 3.8) is 0 Å². The number of rotatable bonds is 7. The summed E-state index contributed by atoms with van der Waals surface area (Å²) >= 11 is 0. The highest BCUT2D eigenvalue weighted by Gasteiger charge is 2.31. The van der Waals surface area contributed by atoms with E-state index in [2.05, 4.69) is 4.98 Å². The third-order valence-electron chi connectivity index (χ3n) is 4.92. The molecule has 1 aromatic heterocycles. The number of nitrogens with zero attached hydrogens (tertiary/aromatic N) is 2. The first kappa shape index (κ1) is 20.2. The van der Waals surface area contributed by atoms with Gasteiger partial charge in [-0.3, -0.25) is 0 Å². The lowest BCUT2D eigenvalue weighted by atomic mass is 10.1. The van der Waals surface area contributed by atoms with Crippen molar-refractivity contribution in [2.45, 2.75) is 26.3 Å². The number of fused-ring (bicyclic) bond motifs is 2. The summed E-state index contributed by atoms with van der Waals surface area (Å²) in [6.07, 6.45) is -4.41. The fourth-order valence-corrected chi connectivity index (χ4v) is 3.48. The molecule has 0 aliphatic carbocycles. The zero-order valence-electron chi connectivity index (χ0n) is 16.4. The van der Waals surface area contributed by atoms with Crippen molar-refractivity contribution in [3.05, 3.63) is 72.1 Å². The molecule has 3 aromatic carbocycles. The van der Waals surface area contributed by atoms with Crippen molar-refractivity contribution in [1.29, 1.82) is 0 Å². The van der Waals surface area contributed by atoms with Gasteiger partial charge in [-0.05, 0) is 36.6 Å². The molecule has 0 radical (unpaired) electrons. The number of aromatic nitrogens is 2. The lowest BCUT2D eigenvalue weighted by Gasteiger charge is -2.12. The summed E-state index contributed by atoms with van der Waals surface area (Å²) in [5, 5.41) is 2.02. The van der Waals surface area contributed by atoms with E-state index in [1.807, 2.05) is 54.0 Å². The van der Waals surface area contributed by atoms with Crippen LogP contribution in [0.25, 0.3) is 21.8 Å². The topological polar surface area (TPSA) is 36.3 Å². The highest BCUT2D eigenvalue weighted by atomic mass is 19.4. The van der Waals surface area contributed by atoms with E-state index in [-0.39, 0.29) is 12.1 Å². The molecule has 4 nitrogen and oxygen atoms in total. The highest BCUT2D eigenvalue weighted by molar-refractivity contribution is 5.88. The minimum absolute atomic E-state index is 0.135. The summed E-state index contributed by atoms with van der Waals surface area (Å²) in [6, 6.07) is 17.3. The predicted octanol–water partition coefficient (Wildman–Crippen LogP) is 5.82. The average molecular weight is 414 g/mol. The Morgan fingerprint density at radius 2 is 1.80 bits per heavy atom. The normalized spacial score (nSPS) is 12.0. The van der Waals surface area contributed by atoms with Crippen LogP contribution in [0.3, 0.4) is 0 Å². The smallest absolute Gasteiger partial charge is 0.416 e. The number of hydrogen-bond donors (Lipinski definition) is 0. The van der Waals surface area contributed by atoms with E-state index in [9.17, 15) is 13.2 Å². The van der Waals surface area contributed by atoms with Crippen molar-refractivity contribution < 1.29 is 22.6 Å². The van der Waals surface area contributed by atoms with E-state index in [0.29, 0.717) is 36.8 Å². The zero-order valence-corrected chi connectivity index (χ0v) is 16.4. The fraction of sp³-hybridized carbons (Fsp3) is 0.261. The van der Waals surface area contributed by atoms with Crippen molar-refractivity contribution >= 4 is 21.8 Å². The van der Waals surface area contributed by atoms with Gasteiger partial charge < -0.3 is 14.0 Å². The van der Waals surface area contributed by atoms with Crippen molar-refractivity contribution in [2.24, 2.45) is 0 Å². The second-order valence-corrected chi connectivity index (χ2v) is 6.84. The zero-order chi connectivity index (χ0) is 21.1. The summed E-state index contributed by atoms with van der Waals surface area (Å²) < 4.78 is 52.7. The van der Waals surface area contributed by atoms with E-state index < -0.39 is 11.7 Å². The number of ether oxygens (including phenoxy) is 2. The van der Waals surface area contributed by atoms with Crippen LogP contribution in [-0.4, -0.2) is 22.8 Å². The number of alkyl halides is 3. The third-order valence-corrected chi connectivity index (χ3v) is 4.92.